The SMILES string of the molecule is CN1CC[C@]23c4c5c(F)cc(O)c4O[C@H]2[C@@H](O)C=C[C@H]3[C@H]1C5. The molecule has 0 radical (unpaired) electrons. The zero-order valence-electron chi connectivity index (χ0n) is 12.3. The first-order valence-corrected chi connectivity index (χ1v) is 7.82. The van der Waals surface area contributed by atoms with Gasteiger partial charge in [-0.1, -0.05) is 12.2 Å². The summed E-state index contributed by atoms with van der Waals surface area (Å²) in [5.74, 6) is 0.0674. The third-order valence-electron chi connectivity index (χ3n) is 6.22. The molecule has 2 aliphatic heterocycles. The van der Waals surface area contributed by atoms with Crippen LogP contribution in [0.4, 0.5) is 4.39 Å². The van der Waals surface area contributed by atoms with Gasteiger partial charge in [-0.25, -0.2) is 4.39 Å². The van der Waals surface area contributed by atoms with Gasteiger partial charge in [-0.05, 0) is 32.0 Å². The van der Waals surface area contributed by atoms with Crippen molar-refractivity contribution in [2.75, 3.05) is 13.6 Å². The highest BCUT2D eigenvalue weighted by Crippen LogP contribution is 2.62. The Balaban J connectivity index is 1.87. The van der Waals surface area contributed by atoms with E-state index in [9.17, 15) is 14.6 Å². The van der Waals surface area contributed by atoms with E-state index in [4.69, 9.17) is 4.74 Å². The highest BCUT2D eigenvalue weighted by molar-refractivity contribution is 5.62. The van der Waals surface area contributed by atoms with Gasteiger partial charge >= 0.3 is 0 Å². The topological polar surface area (TPSA) is 52.9 Å². The summed E-state index contributed by atoms with van der Waals surface area (Å²) in [5, 5.41) is 20.6. The predicted octanol–water partition coefficient (Wildman–Crippen LogP) is 1.34. The van der Waals surface area contributed by atoms with Crippen molar-refractivity contribution in [3.05, 3.63) is 35.2 Å². The lowest BCUT2D eigenvalue weighted by Crippen LogP contribution is -2.64. The Hall–Kier alpha value is -1.59. The van der Waals surface area contributed by atoms with Gasteiger partial charge in [-0.2, -0.15) is 0 Å². The van der Waals surface area contributed by atoms with Gasteiger partial charge in [0.25, 0.3) is 0 Å². The molecule has 1 aromatic rings. The number of benzene rings is 1. The molecule has 2 aliphatic carbocycles. The van der Waals surface area contributed by atoms with Crippen LogP contribution in [0.1, 0.15) is 17.5 Å². The number of hydrogen-bond donors (Lipinski definition) is 2. The third kappa shape index (κ3) is 1.23. The number of halogens is 1. The lowest BCUT2D eigenvalue weighted by Gasteiger charge is -2.56. The van der Waals surface area contributed by atoms with Crippen LogP contribution >= 0.6 is 0 Å². The lowest BCUT2D eigenvalue weighted by molar-refractivity contribution is -0.0456. The Morgan fingerprint density at radius 2 is 2.23 bits per heavy atom. The van der Waals surface area contributed by atoms with E-state index < -0.39 is 17.6 Å². The molecule has 2 bridgehead atoms. The van der Waals surface area contributed by atoms with Crippen LogP contribution in [0.15, 0.2) is 18.2 Å². The molecule has 4 aliphatic rings. The second-order valence-electron chi connectivity index (χ2n) is 7.04. The summed E-state index contributed by atoms with van der Waals surface area (Å²) in [6.45, 7) is 0.887. The Morgan fingerprint density at radius 1 is 1.41 bits per heavy atom. The van der Waals surface area contributed by atoms with Gasteiger partial charge in [0.1, 0.15) is 18.0 Å². The molecule has 1 spiro atoms. The van der Waals surface area contributed by atoms with Crippen molar-refractivity contribution in [1.29, 1.82) is 0 Å². The van der Waals surface area contributed by atoms with Gasteiger partial charge in [-0.3, -0.25) is 0 Å². The van der Waals surface area contributed by atoms with Crippen molar-refractivity contribution in [2.24, 2.45) is 5.92 Å². The van der Waals surface area contributed by atoms with E-state index in [1.165, 1.54) is 0 Å². The molecule has 2 heterocycles. The average Bonchev–Trinajstić information content (AvgIpc) is 2.83. The molecule has 4 nitrogen and oxygen atoms in total. The minimum atomic E-state index is -0.721. The maximum absolute atomic E-state index is 14.5. The van der Waals surface area contributed by atoms with Gasteiger partial charge in [0.05, 0.1) is 0 Å². The summed E-state index contributed by atoms with van der Waals surface area (Å²) < 4.78 is 20.5. The summed E-state index contributed by atoms with van der Waals surface area (Å²) in [5.41, 5.74) is 1.06. The van der Waals surface area contributed by atoms with E-state index in [1.807, 2.05) is 0 Å². The minimum absolute atomic E-state index is 0.150. The molecule has 5 atom stereocenters. The number of aromatic hydroxyl groups is 1. The minimum Gasteiger partial charge on any atom is -0.504 e. The van der Waals surface area contributed by atoms with E-state index >= 15 is 0 Å². The van der Waals surface area contributed by atoms with E-state index in [-0.39, 0.29) is 23.5 Å². The van der Waals surface area contributed by atoms with Gasteiger partial charge < -0.3 is 19.8 Å². The standard InChI is InChI=1S/C17H18FNO3/c1-19-5-4-17-9-2-3-12(20)16(17)22-15-13(21)7-10(18)8(14(15)17)6-11(9)19/h2-3,7,9,11-12,16,20-21H,4-6H2,1H3/t9-,11+,12-,16-,17-/m0/s1. The fourth-order valence-electron chi connectivity index (χ4n) is 5.28. The van der Waals surface area contributed by atoms with E-state index in [2.05, 4.69) is 18.0 Å². The van der Waals surface area contributed by atoms with Crippen molar-refractivity contribution in [3.8, 4) is 11.5 Å². The van der Waals surface area contributed by atoms with Gasteiger partial charge in [-0.15, -0.1) is 0 Å². The van der Waals surface area contributed by atoms with Crippen LogP contribution < -0.4 is 4.74 Å². The predicted molar refractivity (Wildman–Crippen MR) is 77.5 cm³/mol. The summed E-state index contributed by atoms with van der Waals surface area (Å²) in [6, 6.07) is 1.36. The van der Waals surface area contributed by atoms with Crippen LogP contribution in [0.2, 0.25) is 0 Å². The molecule has 1 fully saturated rings. The number of hydrogen-bond acceptors (Lipinski definition) is 4. The number of aliphatic hydroxyl groups excluding tert-OH is 1. The molecule has 2 N–H and O–H groups in total. The summed E-state index contributed by atoms with van der Waals surface area (Å²) >= 11 is 0. The third-order valence-corrected chi connectivity index (χ3v) is 6.22. The van der Waals surface area contributed by atoms with Crippen molar-refractivity contribution in [2.45, 2.75) is 36.5 Å². The van der Waals surface area contributed by atoms with Crippen LogP contribution in [0, 0.1) is 11.7 Å². The fourth-order valence-corrected chi connectivity index (χ4v) is 5.28. The first-order chi connectivity index (χ1) is 10.5. The Morgan fingerprint density at radius 3 is 3.05 bits per heavy atom. The first-order valence-electron chi connectivity index (χ1n) is 7.82. The van der Waals surface area contributed by atoms with Gasteiger partial charge in [0.15, 0.2) is 11.5 Å². The molecule has 0 saturated carbocycles. The van der Waals surface area contributed by atoms with Crippen molar-refractivity contribution in [1.82, 2.24) is 4.90 Å². The lowest BCUT2D eigenvalue weighted by atomic mass is 9.53. The normalized spacial score (nSPS) is 41.2. The number of phenols is 1. The van der Waals surface area contributed by atoms with Crippen molar-refractivity contribution < 1.29 is 19.3 Å². The van der Waals surface area contributed by atoms with E-state index in [0.29, 0.717) is 17.7 Å². The number of likely N-dealkylation sites (N-methyl/N-ethyl adjacent to an activating group) is 1. The Kier molecular flexibility index (Phi) is 2.25. The fraction of sp³-hybridized carbons (Fsp3) is 0.529. The van der Waals surface area contributed by atoms with E-state index in [0.717, 1.165) is 24.6 Å². The molecule has 22 heavy (non-hydrogen) atoms. The highest BCUT2D eigenvalue weighted by atomic mass is 19.1. The number of aliphatic hydroxyl groups is 1. The molecule has 1 saturated heterocycles. The van der Waals surface area contributed by atoms with Crippen LogP contribution in [0.25, 0.3) is 0 Å². The van der Waals surface area contributed by atoms with Crippen LogP contribution in [0.5, 0.6) is 11.5 Å². The zero-order chi connectivity index (χ0) is 15.2. The maximum Gasteiger partial charge on any atom is 0.165 e. The van der Waals surface area contributed by atoms with Crippen LogP contribution in [0.3, 0.4) is 0 Å². The number of nitrogens with zero attached hydrogens (tertiary/aromatic N) is 1. The zero-order valence-corrected chi connectivity index (χ0v) is 12.3. The quantitative estimate of drug-likeness (QED) is 0.710. The molecule has 0 unspecified atom stereocenters. The first kappa shape index (κ1) is 12.9. The van der Waals surface area contributed by atoms with Crippen LogP contribution in [-0.2, 0) is 11.8 Å². The van der Waals surface area contributed by atoms with Gasteiger partial charge in [0, 0.05) is 29.0 Å². The molecule has 0 aromatic heterocycles. The second-order valence-corrected chi connectivity index (χ2v) is 7.04. The van der Waals surface area contributed by atoms with Crippen LogP contribution in [-0.4, -0.2) is 47.0 Å². The molecule has 116 valence electrons. The van der Waals surface area contributed by atoms with Gasteiger partial charge in [0.2, 0.25) is 0 Å². The largest absolute Gasteiger partial charge is 0.504 e. The molecular weight excluding hydrogens is 285 g/mol. The maximum atomic E-state index is 14.5. The molecule has 1 aromatic carbocycles. The summed E-state index contributed by atoms with van der Waals surface area (Å²) in [7, 11) is 2.07. The number of rotatable bonds is 0. The number of likely N-dealkylation sites (tertiary alicyclic amines) is 1. The molecular formula is C17H18FNO3. The summed E-state index contributed by atoms with van der Waals surface area (Å²) in [4.78, 5) is 2.28. The summed E-state index contributed by atoms with van der Waals surface area (Å²) in [6.07, 6.45) is 4.14. The highest BCUT2D eigenvalue weighted by Gasteiger charge is 2.64. The van der Waals surface area contributed by atoms with Crippen molar-refractivity contribution >= 4 is 0 Å². The van der Waals surface area contributed by atoms with Crippen molar-refractivity contribution in [3.63, 3.8) is 0 Å². The Labute approximate surface area is 127 Å². The molecule has 5 heteroatoms. The number of phenolic OH excluding ortho intramolecular Hbond substituents is 1. The smallest absolute Gasteiger partial charge is 0.165 e. The molecule has 0 amide bonds. The number of piperidine rings is 1. The van der Waals surface area contributed by atoms with E-state index in [1.54, 1.807) is 6.08 Å². The molecule has 5 rings (SSSR count). The Bertz CT molecular complexity index is 718. The number of ether oxygens (including phenoxy) is 1. The second kappa shape index (κ2) is 3.84. The monoisotopic (exact) mass is 303 g/mol. The average molecular weight is 303 g/mol.